The second-order valence-electron chi connectivity index (χ2n) is 7.11. The summed E-state index contributed by atoms with van der Waals surface area (Å²) in [5.74, 6) is 0.116. The fraction of sp³-hybridized carbons (Fsp3) is 0.304. The van der Waals surface area contributed by atoms with Crippen LogP contribution in [0.4, 0.5) is 5.69 Å². The first-order valence-electron chi connectivity index (χ1n) is 10.4. The molecule has 1 aromatic heterocycles. The van der Waals surface area contributed by atoms with Crippen LogP contribution in [-0.2, 0) is 16.3 Å². The number of ether oxygens (including phenoxy) is 1. The van der Waals surface area contributed by atoms with Gasteiger partial charge >= 0.3 is 5.91 Å². The number of rotatable bonds is 10. The summed E-state index contributed by atoms with van der Waals surface area (Å²) in [6.45, 7) is 6.26. The molecule has 0 aliphatic heterocycles. The van der Waals surface area contributed by atoms with E-state index in [4.69, 9.17) is 9.57 Å². The van der Waals surface area contributed by atoms with Crippen LogP contribution >= 0.6 is 0 Å². The molecule has 0 bridgehead atoms. The lowest BCUT2D eigenvalue weighted by Crippen LogP contribution is -3.10. The Hall–Kier alpha value is -3.72. The van der Waals surface area contributed by atoms with E-state index in [9.17, 15) is 9.90 Å². The van der Waals surface area contributed by atoms with Gasteiger partial charge in [-0.15, -0.1) is 10.2 Å². The highest BCUT2D eigenvalue weighted by Gasteiger charge is 2.19. The van der Waals surface area contributed by atoms with Gasteiger partial charge in [-0.1, -0.05) is 23.4 Å². The van der Waals surface area contributed by atoms with Crippen molar-refractivity contribution in [2.24, 2.45) is 15.4 Å². The van der Waals surface area contributed by atoms with Gasteiger partial charge in [0.2, 0.25) is 5.88 Å². The number of carbonyl (C=O) groups excluding carboxylic acids is 1. The molecule has 0 aliphatic rings. The van der Waals surface area contributed by atoms with Gasteiger partial charge in [-0.3, -0.25) is 9.36 Å². The van der Waals surface area contributed by atoms with E-state index in [0.717, 1.165) is 35.3 Å². The third kappa shape index (κ3) is 5.50. The molecule has 3 aromatic rings. The van der Waals surface area contributed by atoms with E-state index in [1.807, 2.05) is 36.4 Å². The number of nitrogens with zero attached hydrogens (tertiary/aromatic N) is 4. The molecule has 3 rings (SSSR count). The van der Waals surface area contributed by atoms with Crippen LogP contribution in [0.3, 0.4) is 0 Å². The zero-order valence-corrected chi connectivity index (χ0v) is 18.5. The predicted molar refractivity (Wildman–Crippen MR) is 122 cm³/mol. The molecule has 32 heavy (non-hydrogen) atoms. The van der Waals surface area contributed by atoms with Crippen LogP contribution in [0.5, 0.6) is 11.6 Å². The summed E-state index contributed by atoms with van der Waals surface area (Å²) in [5.41, 5.74) is 1.90. The molecular formula is C23H28N5O4+. The normalized spacial score (nSPS) is 11.8. The molecule has 9 heteroatoms. The number of azo groups is 1. The molecule has 0 saturated carbocycles. The second-order valence-corrected chi connectivity index (χ2v) is 7.11. The maximum absolute atomic E-state index is 12.1. The number of aromatic hydroxyl groups is 1. The summed E-state index contributed by atoms with van der Waals surface area (Å²) in [5, 5.41) is 23.0. The van der Waals surface area contributed by atoms with Crippen LogP contribution in [0, 0.1) is 0 Å². The Morgan fingerprint density at radius 2 is 1.84 bits per heavy atom. The third-order valence-electron chi connectivity index (χ3n) is 5.14. The molecule has 1 amide bonds. The number of para-hydroxylation sites is 1. The largest absolute Gasteiger partial charge is 0.497 e. The number of fused-ring (bicyclic) bond motifs is 1. The molecule has 0 fully saturated rings. The highest BCUT2D eigenvalue weighted by atomic mass is 16.6. The first kappa shape index (κ1) is 23.0. The SMILES string of the molecule is CC[NH+](CC)Cn1c(O)c(N=NC(=O)CO/N=C\c2ccc(OC)cc2)c2ccccc21. The smallest absolute Gasteiger partial charge is 0.304 e. The van der Waals surface area contributed by atoms with Gasteiger partial charge in [-0.25, -0.2) is 0 Å². The Morgan fingerprint density at radius 1 is 1.12 bits per heavy atom. The zero-order chi connectivity index (χ0) is 22.9. The van der Waals surface area contributed by atoms with Crippen LogP contribution in [-0.4, -0.2) is 48.6 Å². The number of benzene rings is 2. The standard InChI is InChI=1S/C23H27N5O4/c1-4-27(5-2)16-28-20-9-7-6-8-19(20)22(23(28)30)26-25-21(29)15-32-24-14-17-10-12-18(31-3)13-11-17/h6-14,30H,4-5,15-16H2,1-3H3/p+1/b24-14-,26-25?. The molecule has 0 spiro atoms. The fourth-order valence-corrected chi connectivity index (χ4v) is 3.24. The minimum Gasteiger partial charge on any atom is -0.497 e. The molecular weight excluding hydrogens is 410 g/mol. The van der Waals surface area contributed by atoms with Gasteiger partial charge in [-0.2, -0.15) is 0 Å². The van der Waals surface area contributed by atoms with Crippen molar-refractivity contribution in [2.45, 2.75) is 20.5 Å². The van der Waals surface area contributed by atoms with Crippen molar-refractivity contribution in [3.63, 3.8) is 0 Å². The second kappa shape index (κ2) is 11.1. The Balaban J connectivity index is 1.67. The van der Waals surface area contributed by atoms with Crippen LogP contribution in [0.15, 0.2) is 63.9 Å². The molecule has 0 atom stereocenters. The Kier molecular flexibility index (Phi) is 7.93. The average Bonchev–Trinajstić information content (AvgIpc) is 3.09. The highest BCUT2D eigenvalue weighted by Crippen LogP contribution is 2.38. The highest BCUT2D eigenvalue weighted by molar-refractivity contribution is 5.95. The number of quaternary nitrogens is 1. The third-order valence-corrected chi connectivity index (χ3v) is 5.14. The van der Waals surface area contributed by atoms with Crippen molar-refractivity contribution in [2.75, 3.05) is 26.8 Å². The summed E-state index contributed by atoms with van der Waals surface area (Å²) < 4.78 is 6.89. The number of carbonyl (C=O) groups is 1. The molecule has 1 heterocycles. The maximum atomic E-state index is 12.1. The lowest BCUT2D eigenvalue weighted by molar-refractivity contribution is -0.919. The number of hydrogen-bond donors (Lipinski definition) is 2. The van der Waals surface area contributed by atoms with Crippen molar-refractivity contribution in [3.8, 4) is 11.6 Å². The summed E-state index contributed by atoms with van der Waals surface area (Å²) in [4.78, 5) is 18.4. The van der Waals surface area contributed by atoms with Gasteiger partial charge in [0, 0.05) is 5.39 Å². The van der Waals surface area contributed by atoms with Crippen LogP contribution in [0.2, 0.25) is 0 Å². The number of aromatic nitrogens is 1. The van der Waals surface area contributed by atoms with Crippen LogP contribution in [0.25, 0.3) is 10.9 Å². The van der Waals surface area contributed by atoms with Gasteiger partial charge < -0.3 is 19.6 Å². The average molecular weight is 439 g/mol. The van der Waals surface area contributed by atoms with E-state index in [2.05, 4.69) is 29.2 Å². The Bertz CT molecular complexity index is 1100. The molecule has 0 aliphatic carbocycles. The molecule has 0 saturated heterocycles. The number of nitrogens with one attached hydrogen (secondary N) is 1. The summed E-state index contributed by atoms with van der Waals surface area (Å²) in [7, 11) is 1.59. The van der Waals surface area contributed by atoms with Gasteiger partial charge in [0.25, 0.3) is 0 Å². The van der Waals surface area contributed by atoms with E-state index in [0.29, 0.717) is 6.67 Å². The topological polar surface area (TPSA) is 102 Å². The number of amides is 1. The molecule has 2 N–H and O–H groups in total. The molecule has 168 valence electrons. The monoisotopic (exact) mass is 438 g/mol. The molecule has 0 radical (unpaired) electrons. The van der Waals surface area contributed by atoms with Crippen LogP contribution < -0.4 is 9.64 Å². The van der Waals surface area contributed by atoms with Crippen molar-refractivity contribution in [1.82, 2.24) is 4.57 Å². The van der Waals surface area contributed by atoms with E-state index in [1.165, 1.54) is 11.1 Å². The predicted octanol–water partition coefficient (Wildman–Crippen LogP) is 2.90. The lowest BCUT2D eigenvalue weighted by atomic mass is 10.2. The minimum atomic E-state index is -0.609. The van der Waals surface area contributed by atoms with Crippen molar-refractivity contribution < 1.29 is 24.4 Å². The minimum absolute atomic E-state index is 0.0133. The Labute approximate surface area is 186 Å². The van der Waals surface area contributed by atoms with Gasteiger partial charge in [0.15, 0.2) is 19.0 Å². The molecule has 0 unspecified atom stereocenters. The van der Waals surface area contributed by atoms with E-state index in [-0.39, 0.29) is 18.2 Å². The van der Waals surface area contributed by atoms with Gasteiger partial charge in [0.05, 0.1) is 31.9 Å². The van der Waals surface area contributed by atoms with Crippen molar-refractivity contribution in [1.29, 1.82) is 0 Å². The number of methoxy groups -OCH3 is 1. The first-order valence-corrected chi connectivity index (χ1v) is 10.4. The summed E-state index contributed by atoms with van der Waals surface area (Å²) in [6, 6.07) is 14.7. The van der Waals surface area contributed by atoms with E-state index >= 15 is 0 Å². The number of hydrogen-bond acceptors (Lipinski definition) is 6. The number of oxime groups is 1. The summed E-state index contributed by atoms with van der Waals surface area (Å²) >= 11 is 0. The maximum Gasteiger partial charge on any atom is 0.304 e. The summed E-state index contributed by atoms with van der Waals surface area (Å²) in [6.07, 6.45) is 1.48. The van der Waals surface area contributed by atoms with E-state index < -0.39 is 5.91 Å². The van der Waals surface area contributed by atoms with Gasteiger partial charge in [0.1, 0.15) is 5.75 Å². The van der Waals surface area contributed by atoms with Crippen molar-refractivity contribution >= 4 is 28.7 Å². The van der Waals surface area contributed by atoms with Gasteiger partial charge in [-0.05, 0) is 49.7 Å². The molecule has 9 nitrogen and oxygen atoms in total. The Morgan fingerprint density at radius 3 is 2.53 bits per heavy atom. The first-order chi connectivity index (χ1) is 15.6. The van der Waals surface area contributed by atoms with Crippen molar-refractivity contribution in [3.05, 3.63) is 54.1 Å². The zero-order valence-electron chi connectivity index (χ0n) is 18.5. The molecule has 2 aromatic carbocycles. The fourth-order valence-electron chi connectivity index (χ4n) is 3.24. The lowest BCUT2D eigenvalue weighted by Gasteiger charge is -2.17. The van der Waals surface area contributed by atoms with E-state index in [1.54, 1.807) is 23.8 Å². The van der Waals surface area contributed by atoms with Crippen LogP contribution in [0.1, 0.15) is 19.4 Å². The quantitative estimate of drug-likeness (QED) is 0.289.